The highest BCUT2D eigenvalue weighted by atomic mass is 19.1. The Kier molecular flexibility index (Phi) is 4.55. The SMILES string of the molecule is Cc1nc(-c2ccc(F)cc2)c(-c2ccc3nc(-c4ccccc4C(N)=O)cn3n2)n1C. The summed E-state index contributed by atoms with van der Waals surface area (Å²) in [7, 11) is 1.92. The monoisotopic (exact) mass is 426 g/mol. The second-order valence-corrected chi connectivity index (χ2v) is 7.48. The molecule has 5 rings (SSSR count). The van der Waals surface area contributed by atoms with Gasteiger partial charge in [0, 0.05) is 23.7 Å². The molecule has 0 spiro atoms. The zero-order valence-electron chi connectivity index (χ0n) is 17.5. The molecule has 0 aliphatic carbocycles. The predicted octanol–water partition coefficient (Wildman–Crippen LogP) is 4.01. The van der Waals surface area contributed by atoms with Crippen molar-refractivity contribution in [2.45, 2.75) is 6.92 Å². The highest BCUT2D eigenvalue weighted by molar-refractivity contribution is 5.99. The lowest BCUT2D eigenvalue weighted by Gasteiger charge is -2.07. The number of carbonyl (C=O) groups is 1. The molecular formula is C24H19FN6O. The zero-order valence-corrected chi connectivity index (χ0v) is 17.5. The van der Waals surface area contributed by atoms with Crippen LogP contribution in [0.3, 0.4) is 0 Å². The van der Waals surface area contributed by atoms with Crippen LogP contribution in [0.15, 0.2) is 66.9 Å². The molecule has 2 aromatic carbocycles. The molecule has 32 heavy (non-hydrogen) atoms. The molecule has 0 aliphatic rings. The van der Waals surface area contributed by atoms with E-state index in [0.717, 1.165) is 22.8 Å². The number of hydrogen-bond donors (Lipinski definition) is 1. The Morgan fingerprint density at radius 3 is 2.47 bits per heavy atom. The van der Waals surface area contributed by atoms with Gasteiger partial charge in [-0.3, -0.25) is 4.79 Å². The van der Waals surface area contributed by atoms with Crippen LogP contribution in [-0.2, 0) is 7.05 Å². The highest BCUT2D eigenvalue weighted by Crippen LogP contribution is 2.32. The predicted molar refractivity (Wildman–Crippen MR) is 119 cm³/mol. The lowest BCUT2D eigenvalue weighted by Crippen LogP contribution is -2.12. The van der Waals surface area contributed by atoms with Gasteiger partial charge in [0.15, 0.2) is 5.65 Å². The summed E-state index contributed by atoms with van der Waals surface area (Å²) in [5.74, 6) is -0.00628. The quantitative estimate of drug-likeness (QED) is 0.470. The number of hydrogen-bond acceptors (Lipinski definition) is 4. The van der Waals surface area contributed by atoms with Crippen LogP contribution in [0.1, 0.15) is 16.2 Å². The second-order valence-electron chi connectivity index (χ2n) is 7.48. The molecule has 7 nitrogen and oxygen atoms in total. The Labute approximate surface area is 183 Å². The fraction of sp³-hybridized carbons (Fsp3) is 0.0833. The molecule has 2 N–H and O–H groups in total. The van der Waals surface area contributed by atoms with E-state index in [2.05, 4.69) is 9.97 Å². The molecule has 1 amide bonds. The van der Waals surface area contributed by atoms with Crippen molar-refractivity contribution >= 4 is 11.6 Å². The maximum Gasteiger partial charge on any atom is 0.249 e. The smallest absolute Gasteiger partial charge is 0.249 e. The average molecular weight is 426 g/mol. The molecule has 0 radical (unpaired) electrons. The summed E-state index contributed by atoms with van der Waals surface area (Å²) in [5, 5.41) is 4.75. The van der Waals surface area contributed by atoms with E-state index >= 15 is 0 Å². The van der Waals surface area contributed by atoms with Crippen molar-refractivity contribution in [3.63, 3.8) is 0 Å². The number of aromatic nitrogens is 5. The Bertz CT molecular complexity index is 1480. The van der Waals surface area contributed by atoms with Gasteiger partial charge in [-0.2, -0.15) is 5.10 Å². The van der Waals surface area contributed by atoms with Crippen LogP contribution >= 0.6 is 0 Å². The van der Waals surface area contributed by atoms with Gasteiger partial charge < -0.3 is 10.3 Å². The molecule has 3 aromatic heterocycles. The first-order valence-electron chi connectivity index (χ1n) is 9.97. The Balaban J connectivity index is 1.65. The van der Waals surface area contributed by atoms with E-state index in [0.29, 0.717) is 28.2 Å². The normalized spacial score (nSPS) is 11.2. The summed E-state index contributed by atoms with van der Waals surface area (Å²) >= 11 is 0. The van der Waals surface area contributed by atoms with Gasteiger partial charge in [-0.1, -0.05) is 18.2 Å². The van der Waals surface area contributed by atoms with E-state index in [-0.39, 0.29) is 5.82 Å². The molecule has 3 heterocycles. The van der Waals surface area contributed by atoms with Crippen LogP contribution in [0.5, 0.6) is 0 Å². The van der Waals surface area contributed by atoms with E-state index in [1.54, 1.807) is 41.0 Å². The molecule has 158 valence electrons. The number of benzene rings is 2. The summed E-state index contributed by atoms with van der Waals surface area (Å²) in [5.41, 5.74) is 10.8. The number of amides is 1. The van der Waals surface area contributed by atoms with Crippen LogP contribution in [0.4, 0.5) is 4.39 Å². The summed E-state index contributed by atoms with van der Waals surface area (Å²) in [6, 6.07) is 17.0. The number of nitrogens with zero attached hydrogens (tertiary/aromatic N) is 5. The van der Waals surface area contributed by atoms with Gasteiger partial charge in [0.05, 0.1) is 23.3 Å². The van der Waals surface area contributed by atoms with Crippen LogP contribution in [0.25, 0.3) is 39.5 Å². The maximum atomic E-state index is 13.4. The van der Waals surface area contributed by atoms with Gasteiger partial charge in [0.25, 0.3) is 0 Å². The van der Waals surface area contributed by atoms with E-state index in [1.807, 2.05) is 36.7 Å². The van der Waals surface area contributed by atoms with E-state index < -0.39 is 5.91 Å². The number of aryl methyl sites for hydroxylation is 1. The molecule has 0 atom stereocenters. The summed E-state index contributed by atoms with van der Waals surface area (Å²) < 4.78 is 17.0. The molecular weight excluding hydrogens is 407 g/mol. The van der Waals surface area contributed by atoms with Gasteiger partial charge in [0.2, 0.25) is 5.91 Å². The highest BCUT2D eigenvalue weighted by Gasteiger charge is 2.19. The van der Waals surface area contributed by atoms with Gasteiger partial charge in [0.1, 0.15) is 17.3 Å². The van der Waals surface area contributed by atoms with Gasteiger partial charge >= 0.3 is 0 Å². The number of nitrogens with two attached hydrogens (primary N) is 1. The van der Waals surface area contributed by atoms with E-state index in [1.165, 1.54) is 12.1 Å². The first kappa shape index (κ1) is 19.6. The topological polar surface area (TPSA) is 91.1 Å². The molecule has 0 aliphatic heterocycles. The van der Waals surface area contributed by atoms with Crippen molar-refractivity contribution in [1.82, 2.24) is 24.1 Å². The number of imidazole rings is 2. The minimum Gasteiger partial charge on any atom is -0.366 e. The number of fused-ring (bicyclic) bond motifs is 1. The van der Waals surface area contributed by atoms with E-state index in [9.17, 15) is 9.18 Å². The fourth-order valence-corrected chi connectivity index (χ4v) is 3.77. The fourth-order valence-electron chi connectivity index (χ4n) is 3.77. The van der Waals surface area contributed by atoms with E-state index in [4.69, 9.17) is 10.8 Å². The Hall–Kier alpha value is -4.33. The summed E-state index contributed by atoms with van der Waals surface area (Å²) in [6.45, 7) is 1.91. The van der Waals surface area contributed by atoms with Crippen molar-refractivity contribution < 1.29 is 9.18 Å². The number of rotatable bonds is 4. The average Bonchev–Trinajstić information content (AvgIpc) is 3.34. The lowest BCUT2D eigenvalue weighted by atomic mass is 10.1. The number of primary amides is 1. The van der Waals surface area contributed by atoms with Gasteiger partial charge in [-0.05, 0) is 49.4 Å². The molecule has 5 aromatic rings. The van der Waals surface area contributed by atoms with Crippen molar-refractivity contribution in [3.05, 3.63) is 84.1 Å². The zero-order chi connectivity index (χ0) is 22.4. The minimum absolute atomic E-state index is 0.301. The van der Waals surface area contributed by atoms with Crippen molar-refractivity contribution in [1.29, 1.82) is 0 Å². The molecule has 0 unspecified atom stereocenters. The largest absolute Gasteiger partial charge is 0.366 e. The first-order valence-corrected chi connectivity index (χ1v) is 9.97. The van der Waals surface area contributed by atoms with Crippen LogP contribution in [-0.4, -0.2) is 30.1 Å². The third-order valence-electron chi connectivity index (χ3n) is 5.47. The Morgan fingerprint density at radius 1 is 0.969 bits per heavy atom. The molecule has 0 saturated carbocycles. The van der Waals surface area contributed by atoms with Crippen LogP contribution < -0.4 is 5.73 Å². The van der Waals surface area contributed by atoms with Crippen molar-refractivity contribution in [2.75, 3.05) is 0 Å². The second kappa shape index (κ2) is 7.42. The maximum absolute atomic E-state index is 13.4. The number of halogens is 1. The van der Waals surface area contributed by atoms with Crippen molar-refractivity contribution in [3.8, 4) is 33.9 Å². The van der Waals surface area contributed by atoms with Crippen LogP contribution in [0.2, 0.25) is 0 Å². The summed E-state index contributed by atoms with van der Waals surface area (Å²) in [4.78, 5) is 21.1. The van der Waals surface area contributed by atoms with Crippen molar-refractivity contribution in [2.24, 2.45) is 12.8 Å². The standard InChI is InChI=1S/C24H19FN6O/c1-14-27-22(15-7-9-16(25)10-8-15)23(30(14)2)19-11-12-21-28-20(13-31(21)29-19)17-5-3-4-6-18(17)24(26)32/h3-13H,1-2H3,(H2,26,32). The number of carbonyl (C=O) groups excluding carboxylic acids is 1. The summed E-state index contributed by atoms with van der Waals surface area (Å²) in [6.07, 6.45) is 1.77. The van der Waals surface area contributed by atoms with Gasteiger partial charge in [-0.15, -0.1) is 0 Å². The molecule has 8 heteroatoms. The molecule has 0 bridgehead atoms. The minimum atomic E-state index is -0.513. The Morgan fingerprint density at radius 2 is 1.72 bits per heavy atom. The molecule has 0 saturated heterocycles. The lowest BCUT2D eigenvalue weighted by molar-refractivity contribution is 0.100. The van der Waals surface area contributed by atoms with Crippen LogP contribution in [0, 0.1) is 12.7 Å². The third kappa shape index (κ3) is 3.22. The van der Waals surface area contributed by atoms with Gasteiger partial charge in [-0.25, -0.2) is 18.9 Å². The molecule has 0 fully saturated rings. The third-order valence-corrected chi connectivity index (χ3v) is 5.47. The first-order chi connectivity index (χ1) is 15.4.